The molecule has 0 saturated carbocycles. The third-order valence-corrected chi connectivity index (χ3v) is 3.12. The monoisotopic (exact) mass is 234 g/mol. The van der Waals surface area contributed by atoms with Crippen LogP contribution < -0.4 is 0 Å². The SMILES string of the molecule is Cc1nc(-c2ccccc2C)c2ccccc2n1. The van der Waals surface area contributed by atoms with E-state index in [0.717, 1.165) is 22.4 Å². The van der Waals surface area contributed by atoms with Gasteiger partial charge >= 0.3 is 0 Å². The molecule has 0 spiro atoms. The lowest BCUT2D eigenvalue weighted by atomic mass is 10.0. The van der Waals surface area contributed by atoms with Gasteiger partial charge < -0.3 is 0 Å². The van der Waals surface area contributed by atoms with Crippen molar-refractivity contribution < 1.29 is 0 Å². The van der Waals surface area contributed by atoms with Gasteiger partial charge in [-0.25, -0.2) is 9.97 Å². The summed E-state index contributed by atoms with van der Waals surface area (Å²) in [5.41, 5.74) is 4.44. The lowest BCUT2D eigenvalue weighted by Crippen LogP contribution is -1.95. The molecule has 2 nitrogen and oxygen atoms in total. The Morgan fingerprint density at radius 2 is 1.50 bits per heavy atom. The summed E-state index contributed by atoms with van der Waals surface area (Å²) < 4.78 is 0. The maximum atomic E-state index is 4.62. The Morgan fingerprint density at radius 3 is 2.33 bits per heavy atom. The van der Waals surface area contributed by atoms with Crippen LogP contribution in [0, 0.1) is 13.8 Å². The van der Waals surface area contributed by atoms with Gasteiger partial charge in [0, 0.05) is 10.9 Å². The van der Waals surface area contributed by atoms with E-state index in [4.69, 9.17) is 0 Å². The molecule has 0 radical (unpaired) electrons. The van der Waals surface area contributed by atoms with Gasteiger partial charge in [-0.1, -0.05) is 42.5 Å². The zero-order valence-corrected chi connectivity index (χ0v) is 10.5. The number of benzene rings is 2. The van der Waals surface area contributed by atoms with Crippen molar-refractivity contribution in [2.45, 2.75) is 13.8 Å². The van der Waals surface area contributed by atoms with Gasteiger partial charge in [-0.15, -0.1) is 0 Å². The second kappa shape index (κ2) is 4.22. The fourth-order valence-corrected chi connectivity index (χ4v) is 2.24. The molecule has 0 amide bonds. The molecule has 0 aliphatic carbocycles. The van der Waals surface area contributed by atoms with Crippen molar-refractivity contribution in [2.24, 2.45) is 0 Å². The first-order valence-corrected chi connectivity index (χ1v) is 6.05. The highest BCUT2D eigenvalue weighted by Gasteiger charge is 2.09. The van der Waals surface area contributed by atoms with Crippen molar-refractivity contribution in [3.63, 3.8) is 0 Å². The van der Waals surface area contributed by atoms with Crippen molar-refractivity contribution in [1.82, 2.24) is 9.97 Å². The van der Waals surface area contributed by atoms with Crippen LogP contribution in [0.4, 0.5) is 0 Å². The topological polar surface area (TPSA) is 25.8 Å². The fourth-order valence-electron chi connectivity index (χ4n) is 2.24. The van der Waals surface area contributed by atoms with Gasteiger partial charge in [0.2, 0.25) is 0 Å². The number of aryl methyl sites for hydroxylation is 2. The van der Waals surface area contributed by atoms with Crippen LogP contribution in [0.5, 0.6) is 0 Å². The molecule has 0 unspecified atom stereocenters. The third kappa shape index (κ3) is 1.76. The number of fused-ring (bicyclic) bond motifs is 1. The van der Waals surface area contributed by atoms with Crippen molar-refractivity contribution in [3.05, 3.63) is 59.9 Å². The first kappa shape index (κ1) is 10.9. The molecule has 3 rings (SSSR count). The van der Waals surface area contributed by atoms with Crippen molar-refractivity contribution in [3.8, 4) is 11.3 Å². The number of rotatable bonds is 1. The Morgan fingerprint density at radius 1 is 0.778 bits per heavy atom. The summed E-state index contributed by atoms with van der Waals surface area (Å²) in [6, 6.07) is 16.5. The molecule has 3 aromatic rings. The summed E-state index contributed by atoms with van der Waals surface area (Å²) >= 11 is 0. The van der Waals surface area contributed by atoms with E-state index in [1.165, 1.54) is 11.1 Å². The molecule has 0 bridgehead atoms. The molecule has 0 aliphatic rings. The summed E-state index contributed by atoms with van der Waals surface area (Å²) in [6.45, 7) is 4.05. The minimum absolute atomic E-state index is 0.812. The maximum absolute atomic E-state index is 4.62. The zero-order valence-electron chi connectivity index (χ0n) is 10.5. The van der Waals surface area contributed by atoms with E-state index in [9.17, 15) is 0 Å². The van der Waals surface area contributed by atoms with Gasteiger partial charge in [0.05, 0.1) is 11.2 Å². The second-order valence-electron chi connectivity index (χ2n) is 4.45. The van der Waals surface area contributed by atoms with Crippen LogP contribution >= 0.6 is 0 Å². The van der Waals surface area contributed by atoms with Gasteiger partial charge in [-0.05, 0) is 25.5 Å². The molecule has 0 aliphatic heterocycles. The molecule has 88 valence electrons. The van der Waals surface area contributed by atoms with E-state index in [0.29, 0.717) is 0 Å². The first-order chi connectivity index (χ1) is 8.75. The molecule has 2 aromatic carbocycles. The molecule has 0 atom stereocenters. The normalized spacial score (nSPS) is 10.8. The van der Waals surface area contributed by atoms with Gasteiger partial charge in [-0.2, -0.15) is 0 Å². The minimum atomic E-state index is 0.812. The largest absolute Gasteiger partial charge is 0.233 e. The maximum Gasteiger partial charge on any atom is 0.126 e. The van der Waals surface area contributed by atoms with Crippen LogP contribution in [0.25, 0.3) is 22.2 Å². The Labute approximate surface area is 106 Å². The highest BCUT2D eigenvalue weighted by molar-refractivity contribution is 5.92. The predicted octanol–water partition coefficient (Wildman–Crippen LogP) is 3.91. The third-order valence-electron chi connectivity index (χ3n) is 3.12. The van der Waals surface area contributed by atoms with Gasteiger partial charge in [0.1, 0.15) is 5.82 Å². The minimum Gasteiger partial charge on any atom is -0.233 e. The molecule has 0 fully saturated rings. The quantitative estimate of drug-likeness (QED) is 0.638. The van der Waals surface area contributed by atoms with E-state index >= 15 is 0 Å². The fraction of sp³-hybridized carbons (Fsp3) is 0.125. The van der Waals surface area contributed by atoms with E-state index < -0.39 is 0 Å². The summed E-state index contributed by atoms with van der Waals surface area (Å²) in [6.07, 6.45) is 0. The smallest absolute Gasteiger partial charge is 0.126 e. The summed E-state index contributed by atoms with van der Waals surface area (Å²) in [7, 11) is 0. The number of hydrogen-bond acceptors (Lipinski definition) is 2. The van der Waals surface area contributed by atoms with Crippen molar-refractivity contribution >= 4 is 10.9 Å². The lowest BCUT2D eigenvalue weighted by Gasteiger charge is -2.09. The number of para-hydroxylation sites is 1. The molecular weight excluding hydrogens is 220 g/mol. The van der Waals surface area contributed by atoms with Gasteiger partial charge in [0.25, 0.3) is 0 Å². The molecule has 1 heterocycles. The Kier molecular flexibility index (Phi) is 2.56. The van der Waals surface area contributed by atoms with Crippen LogP contribution in [0.1, 0.15) is 11.4 Å². The van der Waals surface area contributed by atoms with E-state index in [-0.39, 0.29) is 0 Å². The van der Waals surface area contributed by atoms with E-state index in [2.05, 4.69) is 47.2 Å². The second-order valence-corrected chi connectivity index (χ2v) is 4.45. The molecular formula is C16H14N2. The van der Waals surface area contributed by atoms with Gasteiger partial charge in [-0.3, -0.25) is 0 Å². The lowest BCUT2D eigenvalue weighted by molar-refractivity contribution is 1.09. The number of nitrogens with zero attached hydrogens (tertiary/aromatic N) is 2. The van der Waals surface area contributed by atoms with Crippen molar-refractivity contribution in [1.29, 1.82) is 0 Å². The highest BCUT2D eigenvalue weighted by Crippen LogP contribution is 2.28. The Hall–Kier alpha value is -2.22. The van der Waals surface area contributed by atoms with E-state index in [1.807, 2.05) is 25.1 Å². The molecule has 18 heavy (non-hydrogen) atoms. The number of aromatic nitrogens is 2. The Balaban J connectivity index is 2.39. The zero-order chi connectivity index (χ0) is 12.5. The molecule has 0 saturated heterocycles. The van der Waals surface area contributed by atoms with Crippen LogP contribution in [0.15, 0.2) is 48.5 Å². The summed E-state index contributed by atoms with van der Waals surface area (Å²) in [5, 5.41) is 1.11. The highest BCUT2D eigenvalue weighted by atomic mass is 14.9. The van der Waals surface area contributed by atoms with Crippen molar-refractivity contribution in [2.75, 3.05) is 0 Å². The van der Waals surface area contributed by atoms with E-state index in [1.54, 1.807) is 0 Å². The standard InChI is InChI=1S/C16H14N2/c1-11-7-3-4-8-13(11)16-14-9-5-6-10-15(14)17-12(2)18-16/h3-10H,1-2H3. The predicted molar refractivity (Wildman–Crippen MR) is 74.4 cm³/mol. The molecule has 2 heteroatoms. The summed E-state index contributed by atoms with van der Waals surface area (Å²) in [4.78, 5) is 9.10. The summed E-state index contributed by atoms with van der Waals surface area (Å²) in [5.74, 6) is 0.812. The van der Waals surface area contributed by atoms with Crippen LogP contribution in [-0.4, -0.2) is 9.97 Å². The van der Waals surface area contributed by atoms with Crippen LogP contribution in [-0.2, 0) is 0 Å². The van der Waals surface area contributed by atoms with Crippen LogP contribution in [0.2, 0.25) is 0 Å². The average Bonchev–Trinajstić information content (AvgIpc) is 2.38. The first-order valence-electron chi connectivity index (χ1n) is 6.05. The molecule has 1 aromatic heterocycles. The average molecular weight is 234 g/mol. The van der Waals surface area contributed by atoms with Gasteiger partial charge in [0.15, 0.2) is 0 Å². The Bertz CT molecular complexity index is 717. The number of hydrogen-bond donors (Lipinski definition) is 0. The van der Waals surface area contributed by atoms with Crippen LogP contribution in [0.3, 0.4) is 0 Å². The molecule has 0 N–H and O–H groups in total.